The largest absolute Gasteiger partial charge is 0.335 e. The number of rotatable bonds is 5. The lowest BCUT2D eigenvalue weighted by molar-refractivity contribution is -0.384. The quantitative estimate of drug-likeness (QED) is 0.383. The summed E-state index contributed by atoms with van der Waals surface area (Å²) in [6.45, 7) is 2.18. The number of anilines is 1. The third-order valence-electron chi connectivity index (χ3n) is 4.54. The van der Waals surface area contributed by atoms with Crippen molar-refractivity contribution in [1.29, 1.82) is 0 Å². The Kier molecular flexibility index (Phi) is 6.83. The van der Waals surface area contributed by atoms with Crippen LogP contribution >= 0.6 is 0 Å². The highest BCUT2D eigenvalue weighted by Gasteiger charge is 2.16. The predicted octanol–water partition coefficient (Wildman–Crippen LogP) is 3.11. The molecule has 0 aliphatic carbocycles. The van der Waals surface area contributed by atoms with E-state index in [-0.39, 0.29) is 11.5 Å². The summed E-state index contributed by atoms with van der Waals surface area (Å²) < 4.78 is 14.8. The van der Waals surface area contributed by atoms with E-state index < -0.39 is 10.7 Å². The van der Waals surface area contributed by atoms with Gasteiger partial charge in [0.1, 0.15) is 11.6 Å². The topological polar surface area (TPSA) is 106 Å². The summed E-state index contributed by atoms with van der Waals surface area (Å²) in [6, 6.07) is 8.16. The number of nitro groups is 1. The number of carbonyl (C=O) groups excluding carboxylic acids is 1. The van der Waals surface area contributed by atoms with Crippen LogP contribution in [0.25, 0.3) is 17.3 Å². The molecule has 1 amide bonds. The normalized spacial score (nSPS) is 12.9. The zero-order chi connectivity index (χ0) is 22.4. The van der Waals surface area contributed by atoms with Crippen LogP contribution in [-0.4, -0.2) is 50.9 Å². The zero-order valence-corrected chi connectivity index (χ0v) is 17.0. The van der Waals surface area contributed by atoms with Crippen LogP contribution in [0.15, 0.2) is 54.4 Å². The number of benzene rings is 1. The van der Waals surface area contributed by atoms with Crippen molar-refractivity contribution in [2.24, 2.45) is 7.05 Å². The Morgan fingerprint density at radius 2 is 1.87 bits per heavy atom. The van der Waals surface area contributed by atoms with Crippen LogP contribution in [0.4, 0.5) is 15.9 Å². The van der Waals surface area contributed by atoms with Gasteiger partial charge in [0.15, 0.2) is 0 Å². The maximum Gasteiger partial charge on any atom is 0.311 e. The summed E-state index contributed by atoms with van der Waals surface area (Å²) in [5, 5.41) is 12.9. The molecule has 0 unspecified atom stereocenters. The monoisotopic (exact) mass is 424 g/mol. The van der Waals surface area contributed by atoms with E-state index in [2.05, 4.69) is 33.3 Å². The van der Waals surface area contributed by atoms with E-state index in [0.29, 0.717) is 17.7 Å². The molecule has 1 N–H and O–H groups in total. The standard InChI is InChI=1S/C12H8FN3O3.C9H13N3/c13-9-3-1-8(2-4-9)10-5-6-11(16(18)19)12(15-10)14-7-17;1-11-6-8(7-11)5-9-10-3-4-12(9)2/h1-7H,(H,14,15,17);3-5H,6-7H2,1-2H3. The Balaban J connectivity index is 0.000000194. The summed E-state index contributed by atoms with van der Waals surface area (Å²) in [4.78, 5) is 31.0. The molecule has 0 spiro atoms. The number of carbonyl (C=O) groups is 1. The molecule has 0 radical (unpaired) electrons. The number of aromatic nitrogens is 3. The molecular formula is C21H21FN6O3. The lowest BCUT2D eigenvalue weighted by Crippen LogP contribution is -2.36. The number of imidazole rings is 1. The van der Waals surface area contributed by atoms with Crippen LogP contribution in [0.1, 0.15) is 5.82 Å². The summed E-state index contributed by atoms with van der Waals surface area (Å²) in [6.07, 6.45) is 6.27. The van der Waals surface area contributed by atoms with Crippen LogP contribution in [0.2, 0.25) is 0 Å². The number of nitrogens with zero attached hydrogens (tertiary/aromatic N) is 5. The number of halogens is 1. The highest BCUT2D eigenvalue weighted by Crippen LogP contribution is 2.26. The number of amides is 1. The number of hydrogen-bond donors (Lipinski definition) is 1. The molecule has 9 nitrogen and oxygen atoms in total. The minimum Gasteiger partial charge on any atom is -0.335 e. The van der Waals surface area contributed by atoms with Crippen LogP contribution in [0, 0.1) is 15.9 Å². The molecule has 160 valence electrons. The van der Waals surface area contributed by atoms with E-state index >= 15 is 0 Å². The van der Waals surface area contributed by atoms with Gasteiger partial charge < -0.3 is 9.88 Å². The van der Waals surface area contributed by atoms with Gasteiger partial charge in [-0.1, -0.05) is 0 Å². The van der Waals surface area contributed by atoms with Crippen LogP contribution in [0.3, 0.4) is 0 Å². The molecule has 1 aromatic carbocycles. The number of aryl methyl sites for hydroxylation is 1. The minimum atomic E-state index is -0.646. The fourth-order valence-electron chi connectivity index (χ4n) is 2.98. The molecule has 4 rings (SSSR count). The molecule has 0 atom stereocenters. The highest BCUT2D eigenvalue weighted by atomic mass is 19.1. The number of likely N-dealkylation sites (N-methyl/N-ethyl adjacent to an activating group) is 1. The number of pyridine rings is 1. The summed E-state index contributed by atoms with van der Waals surface area (Å²) >= 11 is 0. The van der Waals surface area contributed by atoms with Gasteiger partial charge >= 0.3 is 5.69 Å². The van der Waals surface area contributed by atoms with Crippen molar-refractivity contribution in [3.8, 4) is 11.3 Å². The number of nitrogens with one attached hydrogen (secondary N) is 1. The lowest BCUT2D eigenvalue weighted by atomic mass is 10.1. The first-order valence-electron chi connectivity index (χ1n) is 9.34. The SMILES string of the molecule is CN1CC(=Cc2nccn2C)C1.O=CNc1nc(-c2ccc(F)cc2)ccc1[N+](=O)[O-]. The van der Waals surface area contributed by atoms with Gasteiger partial charge in [-0.05, 0) is 49.0 Å². The Hall–Kier alpha value is -3.92. The molecule has 1 saturated heterocycles. The lowest BCUT2D eigenvalue weighted by Gasteiger charge is -2.29. The van der Waals surface area contributed by atoms with Crippen molar-refractivity contribution >= 4 is 24.0 Å². The fraction of sp³-hybridized carbons (Fsp3) is 0.190. The van der Waals surface area contributed by atoms with Gasteiger partial charge in [-0.15, -0.1) is 0 Å². The average Bonchev–Trinajstić information content (AvgIpc) is 3.12. The molecule has 3 heterocycles. The summed E-state index contributed by atoms with van der Waals surface area (Å²) in [7, 11) is 4.14. The van der Waals surface area contributed by atoms with Crippen molar-refractivity contribution in [2.75, 3.05) is 25.5 Å². The maximum atomic E-state index is 12.8. The number of hydrogen-bond acceptors (Lipinski definition) is 6. The molecule has 10 heteroatoms. The molecule has 2 aromatic heterocycles. The Labute approximate surface area is 178 Å². The van der Waals surface area contributed by atoms with Crippen molar-refractivity contribution in [1.82, 2.24) is 19.4 Å². The molecule has 3 aromatic rings. The second-order valence-electron chi connectivity index (χ2n) is 6.96. The van der Waals surface area contributed by atoms with Gasteiger partial charge in [-0.25, -0.2) is 14.4 Å². The van der Waals surface area contributed by atoms with E-state index in [1.165, 1.54) is 42.0 Å². The third-order valence-corrected chi connectivity index (χ3v) is 4.54. The van der Waals surface area contributed by atoms with Gasteiger partial charge in [0.05, 0.1) is 10.6 Å². The Bertz CT molecular complexity index is 1100. The highest BCUT2D eigenvalue weighted by molar-refractivity contribution is 5.76. The second kappa shape index (κ2) is 9.72. The summed E-state index contributed by atoms with van der Waals surface area (Å²) in [5.74, 6) is 0.511. The van der Waals surface area contributed by atoms with E-state index in [4.69, 9.17) is 0 Å². The van der Waals surface area contributed by atoms with Gasteiger partial charge in [-0.3, -0.25) is 19.8 Å². The first-order valence-corrected chi connectivity index (χ1v) is 9.34. The van der Waals surface area contributed by atoms with Gasteiger partial charge in [0, 0.05) is 44.2 Å². The smallest absolute Gasteiger partial charge is 0.311 e. The van der Waals surface area contributed by atoms with Gasteiger partial charge in [0.2, 0.25) is 12.2 Å². The number of likely N-dealkylation sites (tertiary alicyclic amines) is 1. The van der Waals surface area contributed by atoms with E-state index in [1.54, 1.807) is 0 Å². The molecule has 1 aliphatic heterocycles. The van der Waals surface area contributed by atoms with Crippen molar-refractivity contribution < 1.29 is 14.1 Å². The molecule has 31 heavy (non-hydrogen) atoms. The second-order valence-corrected chi connectivity index (χ2v) is 6.96. The zero-order valence-electron chi connectivity index (χ0n) is 17.0. The van der Waals surface area contributed by atoms with Crippen molar-refractivity contribution in [3.05, 3.63) is 76.1 Å². The molecule has 1 fully saturated rings. The van der Waals surface area contributed by atoms with E-state index in [1.807, 2.05) is 24.0 Å². The van der Waals surface area contributed by atoms with Crippen LogP contribution in [0.5, 0.6) is 0 Å². The Morgan fingerprint density at radius 1 is 1.16 bits per heavy atom. The van der Waals surface area contributed by atoms with Crippen LogP contribution < -0.4 is 5.32 Å². The predicted molar refractivity (Wildman–Crippen MR) is 115 cm³/mol. The minimum absolute atomic E-state index is 0.151. The maximum absolute atomic E-state index is 12.8. The van der Waals surface area contributed by atoms with E-state index in [0.717, 1.165) is 18.9 Å². The fourth-order valence-corrected chi connectivity index (χ4v) is 2.98. The van der Waals surface area contributed by atoms with E-state index in [9.17, 15) is 19.3 Å². The molecule has 1 aliphatic rings. The van der Waals surface area contributed by atoms with Gasteiger partial charge in [-0.2, -0.15) is 0 Å². The van der Waals surface area contributed by atoms with Gasteiger partial charge in [0.25, 0.3) is 0 Å². The third kappa shape index (κ3) is 5.58. The first-order chi connectivity index (χ1) is 14.9. The molecule has 0 bridgehead atoms. The summed E-state index contributed by atoms with van der Waals surface area (Å²) in [5.41, 5.74) is 2.14. The first kappa shape index (κ1) is 21.8. The molecular weight excluding hydrogens is 403 g/mol. The Morgan fingerprint density at radius 3 is 2.42 bits per heavy atom. The van der Waals surface area contributed by atoms with Crippen molar-refractivity contribution in [3.63, 3.8) is 0 Å². The molecule has 0 saturated carbocycles. The van der Waals surface area contributed by atoms with Crippen molar-refractivity contribution in [2.45, 2.75) is 0 Å². The van der Waals surface area contributed by atoms with Crippen LogP contribution in [-0.2, 0) is 11.8 Å². The average molecular weight is 424 g/mol.